The molecule has 6 heteroatoms. The Bertz CT molecular complexity index is 1090. The van der Waals surface area contributed by atoms with Gasteiger partial charge < -0.3 is 9.94 Å². The number of ether oxygens (including phenoxy) is 1. The number of carbonyl (C=O) groups excluding carboxylic acids is 1. The first-order valence-electron chi connectivity index (χ1n) is 13.0. The van der Waals surface area contributed by atoms with Gasteiger partial charge in [-0.3, -0.25) is 0 Å². The second kappa shape index (κ2) is 12.3. The average Bonchev–Trinajstić information content (AvgIpc) is 3.23. The van der Waals surface area contributed by atoms with Gasteiger partial charge in [0.25, 0.3) is 0 Å². The van der Waals surface area contributed by atoms with Crippen molar-refractivity contribution in [2.24, 2.45) is 0 Å². The van der Waals surface area contributed by atoms with Crippen molar-refractivity contribution in [1.82, 2.24) is 14.8 Å². The molecule has 0 saturated carbocycles. The van der Waals surface area contributed by atoms with Crippen LogP contribution in [0, 0.1) is 6.92 Å². The first kappa shape index (κ1) is 29.3. The van der Waals surface area contributed by atoms with Crippen molar-refractivity contribution in [3.63, 3.8) is 0 Å². The third kappa shape index (κ3) is 6.23. The summed E-state index contributed by atoms with van der Waals surface area (Å²) in [5, 5.41) is 16.6. The topological polar surface area (TPSA) is 67.6 Å². The number of piperidine rings is 1. The highest BCUT2D eigenvalue weighted by molar-refractivity contribution is 5.91. The predicted octanol–water partition coefficient (Wildman–Crippen LogP) is 7.47. The summed E-state index contributed by atoms with van der Waals surface area (Å²) in [7, 11) is 0. The summed E-state index contributed by atoms with van der Waals surface area (Å²) in [6, 6.07) is 19.7. The van der Waals surface area contributed by atoms with E-state index in [1.54, 1.807) is 0 Å². The van der Waals surface area contributed by atoms with Crippen molar-refractivity contribution in [3.8, 4) is 16.9 Å². The van der Waals surface area contributed by atoms with Crippen LogP contribution in [0.3, 0.4) is 0 Å². The van der Waals surface area contributed by atoms with Gasteiger partial charge in [-0.15, -0.1) is 0 Å². The van der Waals surface area contributed by atoms with Crippen LogP contribution in [0.25, 0.3) is 16.9 Å². The van der Waals surface area contributed by atoms with Crippen LogP contribution >= 0.6 is 0 Å². The number of hydroxylamine groups is 2. The lowest BCUT2D eigenvalue weighted by molar-refractivity contribution is -0.256. The normalized spacial score (nSPS) is 16.7. The van der Waals surface area contributed by atoms with Crippen LogP contribution in [0.5, 0.6) is 0 Å². The zero-order valence-corrected chi connectivity index (χ0v) is 23.4. The van der Waals surface area contributed by atoms with Crippen molar-refractivity contribution in [3.05, 3.63) is 71.9 Å². The Hall–Kier alpha value is -2.96. The van der Waals surface area contributed by atoms with Gasteiger partial charge in [-0.2, -0.15) is 10.2 Å². The lowest BCUT2D eigenvalue weighted by atomic mass is 9.80. The highest BCUT2D eigenvalue weighted by Gasteiger charge is 2.46. The maximum Gasteiger partial charge on any atom is 0.359 e. The van der Waals surface area contributed by atoms with Crippen LogP contribution in [-0.4, -0.2) is 43.2 Å². The number of aromatic nitrogens is 2. The fraction of sp³-hybridized carbons (Fsp3) is 0.467. The first-order chi connectivity index (χ1) is 17.1. The molecule has 1 aliphatic heterocycles. The molecule has 1 aliphatic rings. The number of rotatable bonds is 4. The van der Waals surface area contributed by atoms with E-state index >= 15 is 0 Å². The number of benzene rings is 2. The molecule has 0 bridgehead atoms. The van der Waals surface area contributed by atoms with E-state index < -0.39 is 17.0 Å². The summed E-state index contributed by atoms with van der Waals surface area (Å²) in [6.45, 7) is 17.7. The van der Waals surface area contributed by atoms with Crippen molar-refractivity contribution >= 4 is 5.97 Å². The molecule has 6 nitrogen and oxygen atoms in total. The van der Waals surface area contributed by atoms with Crippen molar-refractivity contribution in [1.29, 1.82) is 0 Å². The molecule has 1 N–H and O–H groups in total. The molecule has 0 amide bonds. The largest absolute Gasteiger partial charge is 0.457 e. The molecular weight excluding hydrogens is 450 g/mol. The zero-order chi connectivity index (χ0) is 27.1. The molecule has 2 aromatic carbocycles. The van der Waals surface area contributed by atoms with Gasteiger partial charge in [0.2, 0.25) is 0 Å². The lowest BCUT2D eigenvalue weighted by Crippen LogP contribution is -2.60. The SMILES string of the molecule is CC.CC.Cc1c(C(=O)OC2CC(C)(C)N(O)C(C)(C)C2)nn(-c2ccccc2)c1-c1ccccc1. The molecule has 1 aromatic heterocycles. The Morgan fingerprint density at radius 3 is 1.86 bits per heavy atom. The summed E-state index contributed by atoms with van der Waals surface area (Å²) in [6.07, 6.45) is 0.781. The number of carbonyl (C=O) groups is 1. The van der Waals surface area contributed by atoms with E-state index in [1.165, 1.54) is 5.06 Å². The molecule has 3 aromatic rings. The summed E-state index contributed by atoms with van der Waals surface area (Å²) in [5.41, 5.74) is 2.83. The molecule has 0 aliphatic carbocycles. The number of nitrogens with zero attached hydrogens (tertiary/aromatic N) is 3. The Kier molecular flexibility index (Phi) is 10.0. The van der Waals surface area contributed by atoms with Crippen LogP contribution < -0.4 is 0 Å². The van der Waals surface area contributed by atoms with E-state index in [2.05, 4.69) is 0 Å². The molecule has 2 heterocycles. The molecule has 1 fully saturated rings. The first-order valence-corrected chi connectivity index (χ1v) is 13.0. The highest BCUT2D eigenvalue weighted by Crippen LogP contribution is 2.38. The maximum atomic E-state index is 13.3. The van der Waals surface area contributed by atoms with Crippen LogP contribution in [0.15, 0.2) is 60.7 Å². The fourth-order valence-electron chi connectivity index (χ4n) is 4.85. The monoisotopic (exact) mass is 493 g/mol. The minimum atomic E-state index is -0.500. The molecule has 36 heavy (non-hydrogen) atoms. The minimum absolute atomic E-state index is 0.308. The highest BCUT2D eigenvalue weighted by atomic mass is 16.5. The van der Waals surface area contributed by atoms with Gasteiger partial charge in [-0.05, 0) is 46.8 Å². The van der Waals surface area contributed by atoms with Crippen LogP contribution in [-0.2, 0) is 4.74 Å². The molecule has 0 radical (unpaired) electrons. The third-order valence-corrected chi connectivity index (χ3v) is 6.24. The van der Waals surface area contributed by atoms with Crippen LogP contribution in [0.4, 0.5) is 0 Å². The second-order valence-corrected chi connectivity index (χ2v) is 9.81. The van der Waals surface area contributed by atoms with E-state index in [0.717, 1.165) is 22.5 Å². The Morgan fingerprint density at radius 1 is 0.889 bits per heavy atom. The molecule has 4 rings (SSSR count). The van der Waals surface area contributed by atoms with Crippen LogP contribution in [0.2, 0.25) is 0 Å². The molecular formula is C30H43N3O3. The third-order valence-electron chi connectivity index (χ3n) is 6.24. The summed E-state index contributed by atoms with van der Waals surface area (Å²) in [4.78, 5) is 13.3. The average molecular weight is 494 g/mol. The van der Waals surface area contributed by atoms with Crippen LogP contribution in [0.1, 0.15) is 84.3 Å². The second-order valence-electron chi connectivity index (χ2n) is 9.81. The van der Waals surface area contributed by atoms with Crippen molar-refractivity contribution in [2.75, 3.05) is 0 Å². The van der Waals surface area contributed by atoms with Gasteiger partial charge in [0.15, 0.2) is 5.69 Å². The number of hydrogen-bond acceptors (Lipinski definition) is 5. The smallest absolute Gasteiger partial charge is 0.359 e. The molecule has 0 atom stereocenters. The van der Waals surface area contributed by atoms with E-state index in [9.17, 15) is 10.0 Å². The van der Waals surface area contributed by atoms with E-state index in [1.807, 2.05) is 128 Å². The number of para-hydroxylation sites is 1. The fourth-order valence-corrected chi connectivity index (χ4v) is 4.85. The summed E-state index contributed by atoms with van der Waals surface area (Å²) in [5.74, 6) is -0.433. The van der Waals surface area contributed by atoms with Gasteiger partial charge in [-0.1, -0.05) is 76.2 Å². The molecule has 0 unspecified atom stereocenters. The molecule has 196 valence electrons. The predicted molar refractivity (Wildman–Crippen MR) is 147 cm³/mol. The minimum Gasteiger partial charge on any atom is -0.457 e. The molecule has 0 spiro atoms. The zero-order valence-electron chi connectivity index (χ0n) is 23.4. The lowest BCUT2D eigenvalue weighted by Gasteiger charge is -2.50. The van der Waals surface area contributed by atoms with Gasteiger partial charge >= 0.3 is 5.97 Å². The summed E-state index contributed by atoms with van der Waals surface area (Å²) >= 11 is 0. The van der Waals surface area contributed by atoms with Gasteiger partial charge in [0.05, 0.1) is 11.4 Å². The Morgan fingerprint density at radius 2 is 1.36 bits per heavy atom. The van der Waals surface area contributed by atoms with E-state index in [0.29, 0.717) is 18.5 Å². The molecule has 1 saturated heterocycles. The van der Waals surface area contributed by atoms with Gasteiger partial charge in [-0.25, -0.2) is 9.48 Å². The van der Waals surface area contributed by atoms with E-state index in [4.69, 9.17) is 9.84 Å². The number of hydrogen-bond donors (Lipinski definition) is 1. The van der Waals surface area contributed by atoms with E-state index in [-0.39, 0.29) is 6.10 Å². The van der Waals surface area contributed by atoms with Gasteiger partial charge in [0, 0.05) is 35.0 Å². The summed E-state index contributed by atoms with van der Waals surface area (Å²) < 4.78 is 7.78. The standard InChI is InChI=1S/C26H31N3O3.2C2H6/c1-18-22(24(30)32-21-16-25(2,3)29(31)26(4,5)17-21)27-28(20-14-10-7-11-15-20)23(18)19-12-8-6-9-13-19;2*1-2/h6-15,21,31H,16-17H2,1-5H3;2*1-2H3. The van der Waals surface area contributed by atoms with Gasteiger partial charge in [0.1, 0.15) is 6.10 Å². The number of esters is 1. The Balaban J connectivity index is 0.00000109. The van der Waals surface area contributed by atoms with Crippen molar-refractivity contribution < 1.29 is 14.7 Å². The van der Waals surface area contributed by atoms with Crippen molar-refractivity contribution in [2.45, 2.75) is 92.3 Å². The Labute approximate surface area is 216 Å². The quantitative estimate of drug-likeness (QED) is 0.382. The maximum absolute atomic E-state index is 13.3.